The number of halogens is 3. The van der Waals surface area contributed by atoms with E-state index in [1.807, 2.05) is 0 Å². The number of guanidine groups is 1. The Bertz CT molecular complexity index is 655. The van der Waals surface area contributed by atoms with Gasteiger partial charge in [-0.3, -0.25) is 9.89 Å². The highest BCUT2D eigenvalue weighted by atomic mass is 19.4. The summed E-state index contributed by atoms with van der Waals surface area (Å²) in [6, 6.07) is 5.34. The van der Waals surface area contributed by atoms with Gasteiger partial charge in [-0.25, -0.2) is 0 Å². The van der Waals surface area contributed by atoms with Crippen molar-refractivity contribution in [1.82, 2.24) is 15.5 Å². The quantitative estimate of drug-likeness (QED) is 0.553. The Morgan fingerprint density at radius 3 is 2.48 bits per heavy atom. The Morgan fingerprint density at radius 2 is 1.90 bits per heavy atom. The molecule has 2 fully saturated rings. The standard InChI is InChI=1S/C20H29F3N4O2/c1-24-19(25-13-17-3-2-10-29-17)26-14-18(27-8-11-28-12-9-27)15-4-6-16(7-5-15)20(21,22)23/h4-7,17-18H,2-3,8-14H2,1H3,(H2,24,25,26). The van der Waals surface area contributed by atoms with Crippen LogP contribution in [0.15, 0.2) is 29.3 Å². The van der Waals surface area contributed by atoms with Gasteiger partial charge in [0.15, 0.2) is 5.96 Å². The Labute approximate surface area is 169 Å². The molecule has 2 atom stereocenters. The van der Waals surface area contributed by atoms with Crippen molar-refractivity contribution in [1.29, 1.82) is 0 Å². The number of morpholine rings is 1. The van der Waals surface area contributed by atoms with Crippen molar-refractivity contribution >= 4 is 5.96 Å². The fourth-order valence-corrected chi connectivity index (χ4v) is 3.67. The molecule has 1 aromatic carbocycles. The summed E-state index contributed by atoms with van der Waals surface area (Å²) in [4.78, 5) is 6.48. The first-order valence-electron chi connectivity index (χ1n) is 10.0. The molecule has 0 aliphatic carbocycles. The van der Waals surface area contributed by atoms with E-state index in [-0.39, 0.29) is 12.1 Å². The van der Waals surface area contributed by atoms with Crippen molar-refractivity contribution < 1.29 is 22.6 Å². The third-order valence-corrected chi connectivity index (χ3v) is 5.32. The van der Waals surface area contributed by atoms with Crippen LogP contribution in [0.3, 0.4) is 0 Å². The van der Waals surface area contributed by atoms with Crippen molar-refractivity contribution in [3.63, 3.8) is 0 Å². The van der Waals surface area contributed by atoms with Crippen LogP contribution in [0.5, 0.6) is 0 Å². The summed E-state index contributed by atoms with van der Waals surface area (Å²) in [6.07, 6.45) is -2.03. The molecule has 2 N–H and O–H groups in total. The van der Waals surface area contributed by atoms with Gasteiger partial charge in [-0.1, -0.05) is 12.1 Å². The number of rotatable bonds is 6. The van der Waals surface area contributed by atoms with Crippen molar-refractivity contribution in [3.05, 3.63) is 35.4 Å². The van der Waals surface area contributed by atoms with Crippen LogP contribution in [-0.4, -0.2) is 70.0 Å². The minimum absolute atomic E-state index is 0.0811. The van der Waals surface area contributed by atoms with E-state index in [4.69, 9.17) is 9.47 Å². The molecule has 9 heteroatoms. The van der Waals surface area contributed by atoms with E-state index < -0.39 is 11.7 Å². The Balaban J connectivity index is 1.64. The number of alkyl halides is 3. The summed E-state index contributed by atoms with van der Waals surface area (Å²) in [6.45, 7) is 4.70. The van der Waals surface area contributed by atoms with Crippen LogP contribution in [0.4, 0.5) is 13.2 Å². The monoisotopic (exact) mass is 414 g/mol. The lowest BCUT2D eigenvalue weighted by molar-refractivity contribution is -0.137. The lowest BCUT2D eigenvalue weighted by Gasteiger charge is -2.35. The van der Waals surface area contributed by atoms with Crippen molar-refractivity contribution in [2.45, 2.75) is 31.2 Å². The van der Waals surface area contributed by atoms with Gasteiger partial charge in [-0.2, -0.15) is 13.2 Å². The zero-order valence-corrected chi connectivity index (χ0v) is 16.7. The molecule has 2 heterocycles. The maximum Gasteiger partial charge on any atom is 0.416 e. The molecular weight excluding hydrogens is 385 g/mol. The fraction of sp³-hybridized carbons (Fsp3) is 0.650. The predicted molar refractivity (Wildman–Crippen MR) is 105 cm³/mol. The molecule has 1 aromatic rings. The fourth-order valence-electron chi connectivity index (χ4n) is 3.67. The summed E-state index contributed by atoms with van der Waals surface area (Å²) in [5, 5.41) is 6.58. The highest BCUT2D eigenvalue weighted by molar-refractivity contribution is 5.79. The first-order chi connectivity index (χ1) is 14.0. The Hall–Kier alpha value is -1.84. The summed E-state index contributed by atoms with van der Waals surface area (Å²) in [5.41, 5.74) is 0.200. The summed E-state index contributed by atoms with van der Waals surface area (Å²) in [5.74, 6) is 0.658. The number of nitrogens with zero attached hydrogens (tertiary/aromatic N) is 2. The van der Waals surface area contributed by atoms with Gasteiger partial charge in [0.2, 0.25) is 0 Å². The molecule has 0 saturated carbocycles. The van der Waals surface area contributed by atoms with E-state index in [9.17, 15) is 13.2 Å². The molecule has 3 rings (SSSR count). The van der Waals surface area contributed by atoms with E-state index >= 15 is 0 Å². The molecule has 2 aliphatic heterocycles. The smallest absolute Gasteiger partial charge is 0.379 e. The number of aliphatic imine (C=N–C) groups is 1. The number of benzene rings is 1. The van der Waals surface area contributed by atoms with Gasteiger partial charge in [0.25, 0.3) is 0 Å². The molecule has 0 amide bonds. The van der Waals surface area contributed by atoms with Crippen LogP contribution in [0.25, 0.3) is 0 Å². The number of ether oxygens (including phenoxy) is 2. The second kappa shape index (κ2) is 10.3. The zero-order chi connectivity index (χ0) is 20.7. The third-order valence-electron chi connectivity index (χ3n) is 5.32. The van der Waals surface area contributed by atoms with Crippen LogP contribution in [0, 0.1) is 0 Å². The molecule has 0 bridgehead atoms. The van der Waals surface area contributed by atoms with Crippen LogP contribution in [0.1, 0.15) is 30.0 Å². The molecule has 29 heavy (non-hydrogen) atoms. The van der Waals surface area contributed by atoms with Crippen LogP contribution in [-0.2, 0) is 15.7 Å². The van der Waals surface area contributed by atoms with Crippen LogP contribution < -0.4 is 10.6 Å². The first kappa shape index (κ1) is 21.9. The number of nitrogens with one attached hydrogen (secondary N) is 2. The van der Waals surface area contributed by atoms with Gasteiger partial charge in [0.05, 0.1) is 30.9 Å². The second-order valence-corrected chi connectivity index (χ2v) is 7.25. The van der Waals surface area contributed by atoms with E-state index in [2.05, 4.69) is 20.5 Å². The van der Waals surface area contributed by atoms with Crippen LogP contribution >= 0.6 is 0 Å². The Kier molecular flexibility index (Phi) is 7.74. The van der Waals surface area contributed by atoms with Crippen molar-refractivity contribution in [2.24, 2.45) is 4.99 Å². The molecular formula is C20H29F3N4O2. The number of hydrogen-bond donors (Lipinski definition) is 2. The van der Waals surface area contributed by atoms with E-state index in [1.54, 1.807) is 19.2 Å². The van der Waals surface area contributed by atoms with Gasteiger partial charge in [-0.05, 0) is 30.5 Å². The average Bonchev–Trinajstić information content (AvgIpc) is 3.24. The molecule has 6 nitrogen and oxygen atoms in total. The van der Waals surface area contributed by atoms with Crippen molar-refractivity contribution in [3.8, 4) is 0 Å². The van der Waals surface area contributed by atoms with E-state index in [1.165, 1.54) is 0 Å². The second-order valence-electron chi connectivity index (χ2n) is 7.25. The molecule has 162 valence electrons. The Morgan fingerprint density at radius 1 is 1.17 bits per heavy atom. The molecule has 2 aliphatic rings. The normalized spacial score (nSPS) is 22.5. The van der Waals surface area contributed by atoms with Crippen LogP contribution in [0.2, 0.25) is 0 Å². The van der Waals surface area contributed by atoms with Gasteiger partial charge in [-0.15, -0.1) is 0 Å². The third kappa shape index (κ3) is 6.32. The highest BCUT2D eigenvalue weighted by Crippen LogP contribution is 2.31. The molecule has 0 spiro atoms. The average molecular weight is 414 g/mol. The minimum atomic E-state index is -4.33. The predicted octanol–water partition coefficient (Wildman–Crippen LogP) is 2.42. The van der Waals surface area contributed by atoms with Crippen molar-refractivity contribution in [2.75, 3.05) is 53.0 Å². The van der Waals surface area contributed by atoms with E-state index in [0.717, 1.165) is 50.2 Å². The SMILES string of the molecule is CN=C(NCC1CCCO1)NCC(c1ccc(C(F)(F)F)cc1)N1CCOCC1. The van der Waals surface area contributed by atoms with Gasteiger partial charge in [0, 0.05) is 39.8 Å². The van der Waals surface area contributed by atoms with E-state index in [0.29, 0.717) is 32.3 Å². The summed E-state index contributed by atoms with van der Waals surface area (Å²) < 4.78 is 49.8. The zero-order valence-electron chi connectivity index (χ0n) is 16.7. The lowest BCUT2D eigenvalue weighted by atomic mass is 10.0. The molecule has 0 radical (unpaired) electrons. The van der Waals surface area contributed by atoms with Gasteiger partial charge in [0.1, 0.15) is 0 Å². The lowest BCUT2D eigenvalue weighted by Crippen LogP contribution is -2.47. The maximum atomic E-state index is 12.9. The summed E-state index contributed by atoms with van der Waals surface area (Å²) in [7, 11) is 1.70. The molecule has 2 saturated heterocycles. The maximum absolute atomic E-state index is 12.9. The minimum Gasteiger partial charge on any atom is -0.379 e. The van der Waals surface area contributed by atoms with Gasteiger partial charge >= 0.3 is 6.18 Å². The highest BCUT2D eigenvalue weighted by Gasteiger charge is 2.31. The number of hydrogen-bond acceptors (Lipinski definition) is 4. The summed E-state index contributed by atoms with van der Waals surface area (Å²) >= 11 is 0. The first-order valence-corrected chi connectivity index (χ1v) is 10.0. The van der Waals surface area contributed by atoms with Gasteiger partial charge < -0.3 is 20.1 Å². The molecule has 0 aromatic heterocycles. The molecule has 2 unspecified atom stereocenters. The topological polar surface area (TPSA) is 58.1 Å². The largest absolute Gasteiger partial charge is 0.416 e.